The number of benzene rings is 1. The number of nitriles is 1. The minimum Gasteiger partial charge on any atom is -0.476 e. The molecule has 2 rings (SSSR count). The van der Waals surface area contributed by atoms with Gasteiger partial charge in [0, 0.05) is 6.54 Å². The number of aromatic nitrogens is 3. The lowest BCUT2D eigenvalue weighted by molar-refractivity contribution is 0.0690. The first-order chi connectivity index (χ1) is 9.61. The minimum atomic E-state index is -1.15. The average Bonchev–Trinajstić information content (AvgIpc) is 2.88. The fraction of sp³-hybridized carbons (Fsp3) is 0.167. The van der Waals surface area contributed by atoms with Gasteiger partial charge in [-0.25, -0.2) is 13.9 Å². The molecule has 1 heterocycles. The number of anilines is 1. The summed E-state index contributed by atoms with van der Waals surface area (Å²) in [5, 5.41) is 27.5. The zero-order valence-electron chi connectivity index (χ0n) is 10.2. The second kappa shape index (κ2) is 5.79. The molecule has 0 saturated heterocycles. The summed E-state index contributed by atoms with van der Waals surface area (Å²) in [6.45, 7) is 0.683. The lowest BCUT2D eigenvalue weighted by atomic mass is 10.2. The van der Waals surface area contributed by atoms with Crippen molar-refractivity contribution >= 4 is 11.7 Å². The summed E-state index contributed by atoms with van der Waals surface area (Å²) in [5.74, 6) is -1.74. The number of hydrogen-bond donors (Lipinski definition) is 2. The third kappa shape index (κ3) is 2.89. The van der Waals surface area contributed by atoms with Crippen molar-refractivity contribution in [1.82, 2.24) is 15.0 Å². The molecule has 1 aromatic carbocycles. The Kier molecular flexibility index (Phi) is 3.91. The quantitative estimate of drug-likeness (QED) is 0.846. The smallest absolute Gasteiger partial charge is 0.358 e. The van der Waals surface area contributed by atoms with Crippen LogP contribution in [0.25, 0.3) is 0 Å². The zero-order valence-corrected chi connectivity index (χ0v) is 10.2. The molecule has 0 aliphatic carbocycles. The summed E-state index contributed by atoms with van der Waals surface area (Å²) in [7, 11) is 0. The molecule has 0 atom stereocenters. The van der Waals surface area contributed by atoms with Gasteiger partial charge in [0.05, 0.1) is 18.4 Å². The minimum absolute atomic E-state index is 0.0580. The maximum atomic E-state index is 13.3. The van der Waals surface area contributed by atoms with E-state index >= 15 is 0 Å². The van der Waals surface area contributed by atoms with E-state index in [1.54, 1.807) is 12.1 Å². The molecular weight excluding hydrogens is 265 g/mol. The number of carboxylic acid groups (broad SMARTS) is 1. The van der Waals surface area contributed by atoms with Crippen molar-refractivity contribution in [2.24, 2.45) is 0 Å². The summed E-state index contributed by atoms with van der Waals surface area (Å²) >= 11 is 0. The highest BCUT2D eigenvalue weighted by atomic mass is 19.1. The molecule has 1 aromatic heterocycles. The Hall–Kier alpha value is -2.95. The molecule has 0 fully saturated rings. The van der Waals surface area contributed by atoms with Crippen LogP contribution in [-0.4, -0.2) is 32.6 Å². The Labute approximate surface area is 113 Å². The standard InChI is InChI=1S/C12H10FN5O2/c13-9-2-1-3-10(8(9)6-14)15-4-5-18-7-11(12(19)20)16-17-18/h1-3,7,15H,4-5H2,(H,19,20). The van der Waals surface area contributed by atoms with E-state index in [-0.39, 0.29) is 11.3 Å². The molecule has 0 bridgehead atoms. The number of rotatable bonds is 5. The Morgan fingerprint density at radius 1 is 1.55 bits per heavy atom. The van der Waals surface area contributed by atoms with Gasteiger partial charge in [0.25, 0.3) is 0 Å². The van der Waals surface area contributed by atoms with Crippen LogP contribution in [0, 0.1) is 17.1 Å². The SMILES string of the molecule is N#Cc1c(F)cccc1NCCn1cc(C(=O)O)nn1. The number of nitrogens with zero attached hydrogens (tertiary/aromatic N) is 4. The van der Waals surface area contributed by atoms with Gasteiger partial charge in [-0.15, -0.1) is 5.10 Å². The van der Waals surface area contributed by atoms with E-state index in [0.29, 0.717) is 18.8 Å². The first kappa shape index (κ1) is 13.5. The summed E-state index contributed by atoms with van der Waals surface area (Å²) in [6.07, 6.45) is 1.29. The molecular formula is C12H10FN5O2. The second-order valence-electron chi connectivity index (χ2n) is 3.87. The molecule has 0 spiro atoms. The second-order valence-corrected chi connectivity index (χ2v) is 3.87. The summed E-state index contributed by atoms with van der Waals surface area (Å²) in [5.41, 5.74) is 0.178. The Morgan fingerprint density at radius 2 is 2.35 bits per heavy atom. The van der Waals surface area contributed by atoms with Crippen molar-refractivity contribution in [1.29, 1.82) is 5.26 Å². The Balaban J connectivity index is 1.98. The van der Waals surface area contributed by atoms with Crippen LogP contribution in [0.3, 0.4) is 0 Å². The predicted molar refractivity (Wildman–Crippen MR) is 66.6 cm³/mol. The van der Waals surface area contributed by atoms with Crippen LogP contribution in [0.4, 0.5) is 10.1 Å². The van der Waals surface area contributed by atoms with E-state index in [0.717, 1.165) is 0 Å². The van der Waals surface area contributed by atoms with Crippen molar-refractivity contribution in [2.45, 2.75) is 6.54 Å². The third-order valence-electron chi connectivity index (χ3n) is 2.54. The lowest BCUT2D eigenvalue weighted by Gasteiger charge is -2.08. The van der Waals surface area contributed by atoms with E-state index < -0.39 is 11.8 Å². The molecule has 0 amide bonds. The van der Waals surface area contributed by atoms with Gasteiger partial charge in [0.2, 0.25) is 0 Å². The first-order valence-corrected chi connectivity index (χ1v) is 5.67. The van der Waals surface area contributed by atoms with E-state index in [4.69, 9.17) is 10.4 Å². The largest absolute Gasteiger partial charge is 0.476 e. The highest BCUT2D eigenvalue weighted by Crippen LogP contribution is 2.17. The van der Waals surface area contributed by atoms with Crippen LogP contribution >= 0.6 is 0 Å². The normalized spacial score (nSPS) is 10.0. The molecule has 8 heteroatoms. The average molecular weight is 275 g/mol. The highest BCUT2D eigenvalue weighted by Gasteiger charge is 2.09. The third-order valence-corrected chi connectivity index (χ3v) is 2.54. The van der Waals surface area contributed by atoms with Gasteiger partial charge in [0.15, 0.2) is 5.69 Å². The molecule has 0 aliphatic heterocycles. The lowest BCUT2D eigenvalue weighted by Crippen LogP contribution is -2.12. The van der Waals surface area contributed by atoms with E-state index in [1.165, 1.54) is 23.0 Å². The van der Waals surface area contributed by atoms with E-state index in [2.05, 4.69) is 15.6 Å². The number of aromatic carboxylic acids is 1. The zero-order chi connectivity index (χ0) is 14.5. The number of hydrogen-bond acceptors (Lipinski definition) is 5. The van der Waals surface area contributed by atoms with Gasteiger partial charge >= 0.3 is 5.97 Å². The Bertz CT molecular complexity index is 677. The van der Waals surface area contributed by atoms with Gasteiger partial charge in [0.1, 0.15) is 17.4 Å². The maximum absolute atomic E-state index is 13.3. The fourth-order valence-electron chi connectivity index (χ4n) is 1.60. The van der Waals surface area contributed by atoms with Crippen molar-refractivity contribution in [3.05, 3.63) is 41.5 Å². The van der Waals surface area contributed by atoms with Crippen LogP contribution in [0.15, 0.2) is 24.4 Å². The molecule has 0 unspecified atom stereocenters. The molecule has 2 aromatic rings. The number of halogens is 1. The van der Waals surface area contributed by atoms with Gasteiger partial charge in [-0.3, -0.25) is 0 Å². The van der Waals surface area contributed by atoms with Crippen molar-refractivity contribution < 1.29 is 14.3 Å². The summed E-state index contributed by atoms with van der Waals surface area (Å²) in [6, 6.07) is 6.08. The van der Waals surface area contributed by atoms with Crippen molar-refractivity contribution in [2.75, 3.05) is 11.9 Å². The van der Waals surface area contributed by atoms with Crippen LogP contribution in [0.1, 0.15) is 16.1 Å². The molecule has 20 heavy (non-hydrogen) atoms. The number of nitrogens with one attached hydrogen (secondary N) is 1. The fourth-order valence-corrected chi connectivity index (χ4v) is 1.60. The highest BCUT2D eigenvalue weighted by molar-refractivity contribution is 5.84. The maximum Gasteiger partial charge on any atom is 0.358 e. The molecule has 102 valence electrons. The molecule has 0 aliphatic rings. The molecule has 0 radical (unpaired) electrons. The van der Waals surface area contributed by atoms with E-state index in [1.807, 2.05) is 0 Å². The van der Waals surface area contributed by atoms with Gasteiger partial charge in [-0.05, 0) is 12.1 Å². The van der Waals surface area contributed by atoms with Gasteiger partial charge in [-0.1, -0.05) is 11.3 Å². The van der Waals surface area contributed by atoms with Crippen LogP contribution in [0.5, 0.6) is 0 Å². The summed E-state index contributed by atoms with van der Waals surface area (Å²) < 4.78 is 14.7. The van der Waals surface area contributed by atoms with Crippen LogP contribution in [0.2, 0.25) is 0 Å². The van der Waals surface area contributed by atoms with Gasteiger partial charge in [-0.2, -0.15) is 5.26 Å². The van der Waals surface area contributed by atoms with Crippen LogP contribution in [-0.2, 0) is 6.54 Å². The number of carboxylic acids is 1. The van der Waals surface area contributed by atoms with Crippen LogP contribution < -0.4 is 5.32 Å². The summed E-state index contributed by atoms with van der Waals surface area (Å²) in [4.78, 5) is 10.6. The molecule has 2 N–H and O–H groups in total. The molecule has 0 saturated carbocycles. The number of carbonyl (C=O) groups is 1. The molecule has 7 nitrogen and oxygen atoms in total. The topological polar surface area (TPSA) is 104 Å². The van der Waals surface area contributed by atoms with E-state index in [9.17, 15) is 9.18 Å². The predicted octanol–water partition coefficient (Wildman–Crippen LogP) is 1.10. The monoisotopic (exact) mass is 275 g/mol. The first-order valence-electron chi connectivity index (χ1n) is 5.67. The Morgan fingerprint density at radius 3 is 3.00 bits per heavy atom. The van der Waals surface area contributed by atoms with Crippen molar-refractivity contribution in [3.8, 4) is 6.07 Å². The van der Waals surface area contributed by atoms with Crippen molar-refractivity contribution in [3.63, 3.8) is 0 Å². The van der Waals surface area contributed by atoms with Gasteiger partial charge < -0.3 is 10.4 Å².